The number of rotatable bonds is 2. The van der Waals surface area contributed by atoms with E-state index in [0.29, 0.717) is 11.6 Å². The largest absolute Gasteiger partial charge is 0.369 e. The minimum absolute atomic E-state index is 0.357. The maximum absolute atomic E-state index is 13.0. The van der Waals surface area contributed by atoms with Crippen LogP contribution in [0.1, 0.15) is 12.0 Å². The molecular formula is C12H14FN3. The van der Waals surface area contributed by atoms with Crippen LogP contribution in [0.25, 0.3) is 0 Å². The number of nitrogens with zero attached hydrogens (tertiary/aromatic N) is 2. The van der Waals surface area contributed by atoms with Gasteiger partial charge < -0.3 is 10.2 Å². The third kappa shape index (κ3) is 2.00. The Morgan fingerprint density at radius 2 is 2.38 bits per heavy atom. The zero-order chi connectivity index (χ0) is 11.5. The Morgan fingerprint density at radius 1 is 1.56 bits per heavy atom. The number of hydrogen-bond acceptors (Lipinski definition) is 3. The Morgan fingerprint density at radius 3 is 3.00 bits per heavy atom. The molecule has 1 fully saturated rings. The Labute approximate surface area is 94.5 Å². The van der Waals surface area contributed by atoms with Crippen LogP contribution in [0.5, 0.6) is 0 Å². The number of likely N-dealkylation sites (N-methyl/N-ethyl adjacent to an activating group) is 1. The van der Waals surface area contributed by atoms with Gasteiger partial charge in [-0.15, -0.1) is 0 Å². The number of benzene rings is 1. The molecule has 1 atom stereocenters. The summed E-state index contributed by atoms with van der Waals surface area (Å²) in [7, 11) is 1.93. The highest BCUT2D eigenvalue weighted by Gasteiger charge is 2.22. The highest BCUT2D eigenvalue weighted by atomic mass is 19.1. The molecule has 1 aliphatic heterocycles. The minimum atomic E-state index is -0.357. The second-order valence-corrected chi connectivity index (χ2v) is 3.99. The fraction of sp³-hybridized carbons (Fsp3) is 0.417. The van der Waals surface area contributed by atoms with Gasteiger partial charge in [-0.25, -0.2) is 4.39 Å². The zero-order valence-corrected chi connectivity index (χ0v) is 9.20. The second-order valence-electron chi connectivity index (χ2n) is 3.99. The number of anilines is 1. The predicted molar refractivity (Wildman–Crippen MR) is 60.8 cm³/mol. The van der Waals surface area contributed by atoms with Crippen molar-refractivity contribution >= 4 is 5.69 Å². The van der Waals surface area contributed by atoms with Crippen LogP contribution < -0.4 is 10.2 Å². The lowest BCUT2D eigenvalue weighted by atomic mass is 10.1. The average Bonchev–Trinajstić information content (AvgIpc) is 2.77. The zero-order valence-electron chi connectivity index (χ0n) is 9.20. The van der Waals surface area contributed by atoms with Crippen molar-refractivity contribution in [2.75, 3.05) is 25.0 Å². The molecule has 0 aromatic heterocycles. The third-order valence-electron chi connectivity index (χ3n) is 3.02. The van der Waals surface area contributed by atoms with Gasteiger partial charge in [-0.2, -0.15) is 5.26 Å². The monoisotopic (exact) mass is 219 g/mol. The normalized spacial score (nSPS) is 19.8. The summed E-state index contributed by atoms with van der Waals surface area (Å²) in [6, 6.07) is 6.88. The summed E-state index contributed by atoms with van der Waals surface area (Å²) >= 11 is 0. The van der Waals surface area contributed by atoms with Crippen LogP contribution in [0.2, 0.25) is 0 Å². The predicted octanol–water partition coefficient (Wildman–Crippen LogP) is 1.50. The molecule has 1 aromatic rings. The van der Waals surface area contributed by atoms with Crippen molar-refractivity contribution in [2.24, 2.45) is 0 Å². The fourth-order valence-corrected chi connectivity index (χ4v) is 2.09. The van der Waals surface area contributed by atoms with Gasteiger partial charge >= 0.3 is 0 Å². The van der Waals surface area contributed by atoms with E-state index in [-0.39, 0.29) is 5.82 Å². The maximum Gasteiger partial charge on any atom is 0.124 e. The molecule has 1 heterocycles. The first-order valence-electron chi connectivity index (χ1n) is 5.36. The van der Waals surface area contributed by atoms with Crippen LogP contribution >= 0.6 is 0 Å². The minimum Gasteiger partial charge on any atom is -0.369 e. The molecule has 0 saturated carbocycles. The second kappa shape index (κ2) is 4.50. The summed E-state index contributed by atoms with van der Waals surface area (Å²) in [6.07, 6.45) is 1.05. The van der Waals surface area contributed by atoms with E-state index in [9.17, 15) is 4.39 Å². The number of hydrogen-bond donors (Lipinski definition) is 1. The molecule has 4 heteroatoms. The first-order chi connectivity index (χ1) is 7.74. The molecule has 84 valence electrons. The lowest BCUT2D eigenvalue weighted by Gasteiger charge is -2.19. The number of nitrogens with one attached hydrogen (secondary N) is 1. The fourth-order valence-electron chi connectivity index (χ4n) is 2.09. The summed E-state index contributed by atoms with van der Waals surface area (Å²) < 4.78 is 13.0. The molecule has 16 heavy (non-hydrogen) atoms. The van der Waals surface area contributed by atoms with Crippen LogP contribution in [0.15, 0.2) is 18.2 Å². The Bertz CT molecular complexity index is 425. The van der Waals surface area contributed by atoms with E-state index < -0.39 is 0 Å². The summed E-state index contributed by atoms with van der Waals surface area (Å²) in [5, 5.41) is 12.2. The molecule has 0 aliphatic carbocycles. The molecule has 0 amide bonds. The van der Waals surface area contributed by atoms with Crippen molar-refractivity contribution in [1.29, 1.82) is 5.26 Å². The summed E-state index contributed by atoms with van der Waals surface area (Å²) in [5.74, 6) is -0.357. The molecule has 2 rings (SSSR count). The topological polar surface area (TPSA) is 39.1 Å². The van der Waals surface area contributed by atoms with E-state index in [1.54, 1.807) is 6.07 Å². The van der Waals surface area contributed by atoms with E-state index in [1.165, 1.54) is 12.1 Å². The summed E-state index contributed by atoms with van der Waals surface area (Å²) in [4.78, 5) is 2.12. The van der Waals surface area contributed by atoms with Gasteiger partial charge in [0, 0.05) is 19.1 Å². The lowest BCUT2D eigenvalue weighted by molar-refractivity contribution is 0.616. The molecule has 1 unspecified atom stereocenters. The Balaban J connectivity index is 2.25. The van der Waals surface area contributed by atoms with Gasteiger partial charge in [-0.1, -0.05) is 0 Å². The molecule has 1 saturated heterocycles. The SMILES string of the molecule is CNC1CCN(c2ccc(F)cc2C#N)C1. The van der Waals surface area contributed by atoms with Gasteiger partial charge in [0.15, 0.2) is 0 Å². The van der Waals surface area contributed by atoms with E-state index in [0.717, 1.165) is 25.2 Å². The van der Waals surface area contributed by atoms with Crippen LogP contribution in [-0.4, -0.2) is 26.2 Å². The molecule has 3 nitrogen and oxygen atoms in total. The van der Waals surface area contributed by atoms with Crippen molar-refractivity contribution in [3.8, 4) is 6.07 Å². The maximum atomic E-state index is 13.0. The molecule has 0 spiro atoms. The van der Waals surface area contributed by atoms with Gasteiger partial charge in [-0.05, 0) is 31.7 Å². The van der Waals surface area contributed by atoms with Crippen molar-refractivity contribution < 1.29 is 4.39 Å². The van der Waals surface area contributed by atoms with E-state index in [2.05, 4.69) is 10.2 Å². The molecule has 1 aliphatic rings. The van der Waals surface area contributed by atoms with Crippen LogP contribution in [-0.2, 0) is 0 Å². The number of halogens is 1. The van der Waals surface area contributed by atoms with Crippen molar-refractivity contribution in [2.45, 2.75) is 12.5 Å². The van der Waals surface area contributed by atoms with Crippen LogP contribution in [0, 0.1) is 17.1 Å². The molecule has 0 radical (unpaired) electrons. The van der Waals surface area contributed by atoms with Crippen LogP contribution in [0.3, 0.4) is 0 Å². The third-order valence-corrected chi connectivity index (χ3v) is 3.02. The highest BCUT2D eigenvalue weighted by Crippen LogP contribution is 2.24. The molecule has 1 aromatic carbocycles. The van der Waals surface area contributed by atoms with E-state index >= 15 is 0 Å². The molecule has 0 bridgehead atoms. The molecule has 1 N–H and O–H groups in total. The summed E-state index contributed by atoms with van der Waals surface area (Å²) in [5.41, 5.74) is 1.25. The van der Waals surface area contributed by atoms with Crippen molar-refractivity contribution in [3.63, 3.8) is 0 Å². The first kappa shape index (κ1) is 10.9. The van der Waals surface area contributed by atoms with Gasteiger partial charge in [-0.3, -0.25) is 0 Å². The highest BCUT2D eigenvalue weighted by molar-refractivity contribution is 5.60. The Kier molecular flexibility index (Phi) is 3.07. The van der Waals surface area contributed by atoms with E-state index in [1.807, 2.05) is 13.1 Å². The van der Waals surface area contributed by atoms with Crippen molar-refractivity contribution in [3.05, 3.63) is 29.6 Å². The quantitative estimate of drug-likeness (QED) is 0.819. The van der Waals surface area contributed by atoms with Gasteiger partial charge in [0.05, 0.1) is 11.3 Å². The van der Waals surface area contributed by atoms with Crippen LogP contribution in [0.4, 0.5) is 10.1 Å². The van der Waals surface area contributed by atoms with E-state index in [4.69, 9.17) is 5.26 Å². The molecular weight excluding hydrogens is 205 g/mol. The lowest BCUT2D eigenvalue weighted by Crippen LogP contribution is -2.29. The summed E-state index contributed by atoms with van der Waals surface area (Å²) in [6.45, 7) is 1.78. The average molecular weight is 219 g/mol. The van der Waals surface area contributed by atoms with Gasteiger partial charge in [0.25, 0.3) is 0 Å². The van der Waals surface area contributed by atoms with Gasteiger partial charge in [0.2, 0.25) is 0 Å². The smallest absolute Gasteiger partial charge is 0.124 e. The standard InChI is InChI=1S/C12H14FN3/c1-15-11-4-5-16(8-11)12-3-2-10(13)6-9(12)7-14/h2-3,6,11,15H,4-5,8H2,1H3. The van der Waals surface area contributed by atoms with Crippen molar-refractivity contribution in [1.82, 2.24) is 5.32 Å². The van der Waals surface area contributed by atoms with Gasteiger partial charge in [0.1, 0.15) is 11.9 Å². The number of nitriles is 1. The first-order valence-corrected chi connectivity index (χ1v) is 5.36. The Hall–Kier alpha value is -1.60.